The van der Waals surface area contributed by atoms with E-state index in [-0.39, 0.29) is 19.1 Å². The third-order valence-electron chi connectivity index (χ3n) is 2.78. The molecule has 0 radical (unpaired) electrons. The van der Waals surface area contributed by atoms with Gasteiger partial charge in [-0.2, -0.15) is 0 Å². The molecule has 0 aromatic heterocycles. The Hall–Kier alpha value is -1.55. The maximum atomic E-state index is 11.9. The lowest BCUT2D eigenvalue weighted by molar-refractivity contribution is -0.125. The first-order valence-corrected chi connectivity index (χ1v) is 5.56. The maximum Gasteiger partial charge on any atom is 0.230 e. The van der Waals surface area contributed by atoms with Crippen molar-refractivity contribution >= 4 is 5.91 Å². The first-order chi connectivity index (χ1) is 8.02. The van der Waals surface area contributed by atoms with Crippen molar-refractivity contribution in [3.05, 3.63) is 29.8 Å². The second-order valence-electron chi connectivity index (χ2n) is 4.33. The molecule has 0 saturated carbocycles. The Morgan fingerprint density at radius 3 is 2.41 bits per heavy atom. The Balaban J connectivity index is 2.83. The van der Waals surface area contributed by atoms with Crippen molar-refractivity contribution in [3.8, 4) is 5.75 Å². The number of hydrogen-bond donors (Lipinski definition) is 2. The summed E-state index contributed by atoms with van der Waals surface area (Å²) in [7, 11) is 1.61. The Kier molecular flexibility index (Phi) is 4.52. The zero-order valence-electron chi connectivity index (χ0n) is 10.5. The minimum atomic E-state index is -0.624. The molecule has 4 heteroatoms. The summed E-state index contributed by atoms with van der Waals surface area (Å²) in [6.07, 6.45) is 0. The van der Waals surface area contributed by atoms with E-state index in [1.165, 1.54) is 0 Å². The summed E-state index contributed by atoms with van der Waals surface area (Å²) >= 11 is 0. The molecule has 17 heavy (non-hydrogen) atoms. The smallest absolute Gasteiger partial charge is 0.230 e. The van der Waals surface area contributed by atoms with Crippen molar-refractivity contribution in [1.29, 1.82) is 0 Å². The van der Waals surface area contributed by atoms with Gasteiger partial charge in [0.05, 0.1) is 19.1 Å². The van der Waals surface area contributed by atoms with E-state index < -0.39 is 5.41 Å². The molecule has 0 heterocycles. The second kappa shape index (κ2) is 5.68. The van der Waals surface area contributed by atoms with Crippen LogP contribution in [0.25, 0.3) is 0 Å². The highest BCUT2D eigenvalue weighted by atomic mass is 16.5. The normalized spacial score (nSPS) is 11.1. The summed E-state index contributed by atoms with van der Waals surface area (Å²) < 4.78 is 5.07. The van der Waals surface area contributed by atoms with Crippen molar-refractivity contribution in [3.63, 3.8) is 0 Å². The second-order valence-corrected chi connectivity index (χ2v) is 4.33. The fourth-order valence-electron chi connectivity index (χ4n) is 1.53. The number of nitrogens with one attached hydrogen (secondary N) is 1. The molecule has 1 aromatic carbocycles. The maximum absolute atomic E-state index is 11.9. The predicted molar refractivity (Wildman–Crippen MR) is 66.1 cm³/mol. The molecule has 1 rings (SSSR count). The molecule has 2 N–H and O–H groups in total. The van der Waals surface area contributed by atoms with Crippen LogP contribution in [0.5, 0.6) is 5.75 Å². The van der Waals surface area contributed by atoms with Gasteiger partial charge in [0.1, 0.15) is 5.75 Å². The Morgan fingerprint density at radius 1 is 1.35 bits per heavy atom. The Labute approximate surface area is 102 Å². The molecule has 1 amide bonds. The molecule has 0 unspecified atom stereocenters. The summed E-state index contributed by atoms with van der Waals surface area (Å²) in [5.41, 5.74) is 0.287. The summed E-state index contributed by atoms with van der Waals surface area (Å²) in [4.78, 5) is 11.9. The number of rotatable bonds is 5. The van der Waals surface area contributed by atoms with E-state index in [9.17, 15) is 4.79 Å². The quantitative estimate of drug-likeness (QED) is 0.805. The molecular formula is C13H19NO3. The molecule has 1 aromatic rings. The van der Waals surface area contributed by atoms with Crippen LogP contribution in [-0.4, -0.2) is 31.3 Å². The zero-order chi connectivity index (χ0) is 12.9. The molecule has 0 spiro atoms. The number of aliphatic hydroxyl groups excluding tert-OH is 1. The summed E-state index contributed by atoms with van der Waals surface area (Å²) in [5.74, 6) is 0.664. The summed E-state index contributed by atoms with van der Waals surface area (Å²) in [6, 6.07) is 7.40. The van der Waals surface area contributed by atoms with E-state index in [0.717, 1.165) is 11.3 Å². The van der Waals surface area contributed by atoms with Crippen LogP contribution in [-0.2, 0) is 10.2 Å². The molecule has 0 fully saturated rings. The van der Waals surface area contributed by atoms with Gasteiger partial charge in [0, 0.05) is 6.54 Å². The van der Waals surface area contributed by atoms with Gasteiger partial charge in [0.2, 0.25) is 5.91 Å². The van der Waals surface area contributed by atoms with Crippen LogP contribution in [0.2, 0.25) is 0 Å². The molecular weight excluding hydrogens is 218 g/mol. The Morgan fingerprint density at radius 2 is 1.94 bits per heavy atom. The van der Waals surface area contributed by atoms with Crippen molar-refractivity contribution in [1.82, 2.24) is 5.32 Å². The number of benzene rings is 1. The van der Waals surface area contributed by atoms with E-state index in [0.29, 0.717) is 0 Å². The molecule has 0 bridgehead atoms. The largest absolute Gasteiger partial charge is 0.497 e. The van der Waals surface area contributed by atoms with Crippen molar-refractivity contribution < 1.29 is 14.6 Å². The first-order valence-electron chi connectivity index (χ1n) is 5.56. The van der Waals surface area contributed by atoms with E-state index in [2.05, 4.69) is 5.32 Å². The zero-order valence-corrected chi connectivity index (χ0v) is 10.5. The van der Waals surface area contributed by atoms with Crippen molar-refractivity contribution in [2.24, 2.45) is 0 Å². The van der Waals surface area contributed by atoms with Crippen LogP contribution >= 0.6 is 0 Å². The van der Waals surface area contributed by atoms with E-state index >= 15 is 0 Å². The van der Waals surface area contributed by atoms with Gasteiger partial charge in [0.25, 0.3) is 0 Å². The number of carbonyl (C=O) groups is 1. The third kappa shape index (κ3) is 3.20. The molecule has 4 nitrogen and oxygen atoms in total. The van der Waals surface area contributed by atoms with Gasteiger partial charge in [-0.3, -0.25) is 4.79 Å². The van der Waals surface area contributed by atoms with Gasteiger partial charge >= 0.3 is 0 Å². The molecule has 0 atom stereocenters. The number of carbonyl (C=O) groups excluding carboxylic acids is 1. The summed E-state index contributed by atoms with van der Waals surface area (Å²) in [5, 5.41) is 11.4. The molecule has 0 aliphatic heterocycles. The van der Waals surface area contributed by atoms with Crippen molar-refractivity contribution in [2.75, 3.05) is 20.3 Å². The van der Waals surface area contributed by atoms with Crippen LogP contribution in [0.4, 0.5) is 0 Å². The molecule has 94 valence electrons. The minimum Gasteiger partial charge on any atom is -0.497 e. The van der Waals surface area contributed by atoms with Gasteiger partial charge < -0.3 is 15.2 Å². The first kappa shape index (κ1) is 13.5. The number of ether oxygens (including phenoxy) is 1. The van der Waals surface area contributed by atoms with Gasteiger partial charge in [-0.25, -0.2) is 0 Å². The fraction of sp³-hybridized carbons (Fsp3) is 0.462. The van der Waals surface area contributed by atoms with Crippen LogP contribution in [0.15, 0.2) is 24.3 Å². The molecule has 0 aliphatic carbocycles. The monoisotopic (exact) mass is 237 g/mol. The molecule has 0 aliphatic rings. The van der Waals surface area contributed by atoms with E-state index in [4.69, 9.17) is 9.84 Å². The van der Waals surface area contributed by atoms with E-state index in [1.54, 1.807) is 7.11 Å². The Bertz CT molecular complexity index is 371. The topological polar surface area (TPSA) is 58.6 Å². The van der Waals surface area contributed by atoms with Crippen LogP contribution in [0.3, 0.4) is 0 Å². The van der Waals surface area contributed by atoms with Crippen LogP contribution in [0, 0.1) is 0 Å². The SMILES string of the molecule is COc1ccc(C(C)(C)C(=O)NCCO)cc1. The highest BCUT2D eigenvalue weighted by Crippen LogP contribution is 2.25. The lowest BCUT2D eigenvalue weighted by Gasteiger charge is -2.24. The predicted octanol–water partition coefficient (Wildman–Crippen LogP) is 1.08. The standard InChI is InChI=1S/C13H19NO3/c1-13(2,12(16)14-8-9-15)10-4-6-11(17-3)7-5-10/h4-7,15H,8-9H2,1-3H3,(H,14,16). The van der Waals surface area contributed by atoms with Crippen LogP contribution in [0.1, 0.15) is 19.4 Å². The number of methoxy groups -OCH3 is 1. The van der Waals surface area contributed by atoms with Crippen molar-refractivity contribution in [2.45, 2.75) is 19.3 Å². The average molecular weight is 237 g/mol. The number of aliphatic hydroxyl groups is 1. The average Bonchev–Trinajstić information content (AvgIpc) is 2.35. The lowest BCUT2D eigenvalue weighted by Crippen LogP contribution is -2.41. The number of amides is 1. The third-order valence-corrected chi connectivity index (χ3v) is 2.78. The fourth-order valence-corrected chi connectivity index (χ4v) is 1.53. The highest BCUT2D eigenvalue weighted by Gasteiger charge is 2.29. The lowest BCUT2D eigenvalue weighted by atomic mass is 9.83. The number of hydrogen-bond acceptors (Lipinski definition) is 3. The highest BCUT2D eigenvalue weighted by molar-refractivity contribution is 5.87. The van der Waals surface area contributed by atoms with Gasteiger partial charge in [-0.05, 0) is 31.5 Å². The van der Waals surface area contributed by atoms with Gasteiger partial charge in [-0.15, -0.1) is 0 Å². The van der Waals surface area contributed by atoms with E-state index in [1.807, 2.05) is 38.1 Å². The van der Waals surface area contributed by atoms with Gasteiger partial charge in [-0.1, -0.05) is 12.1 Å². The molecule has 0 saturated heterocycles. The van der Waals surface area contributed by atoms with Crippen LogP contribution < -0.4 is 10.1 Å². The van der Waals surface area contributed by atoms with Gasteiger partial charge in [0.15, 0.2) is 0 Å². The minimum absolute atomic E-state index is 0.0512. The summed E-state index contributed by atoms with van der Waals surface area (Å²) in [6.45, 7) is 3.92.